The van der Waals surface area contributed by atoms with Gasteiger partial charge in [0.15, 0.2) is 0 Å². The summed E-state index contributed by atoms with van der Waals surface area (Å²) in [6.45, 7) is 2.99. The first-order chi connectivity index (χ1) is 4.93. The number of rotatable bonds is 2. The molecule has 0 aromatic carbocycles. The third-order valence-corrected chi connectivity index (χ3v) is 1.22. The van der Waals surface area contributed by atoms with Crippen LogP contribution in [0.15, 0.2) is 4.99 Å². The maximum absolute atomic E-state index is 5.27. The van der Waals surface area contributed by atoms with E-state index in [9.17, 15) is 0 Å². The van der Waals surface area contributed by atoms with Crippen molar-refractivity contribution in [2.24, 2.45) is 10.7 Å². The van der Waals surface area contributed by atoms with Gasteiger partial charge in [0, 0.05) is 26.1 Å². The van der Waals surface area contributed by atoms with Gasteiger partial charge < -0.3 is 15.8 Å². The highest BCUT2D eigenvalue weighted by Crippen LogP contribution is 1.92. The molecule has 0 aromatic heterocycles. The third-order valence-electron chi connectivity index (χ3n) is 1.22. The van der Waals surface area contributed by atoms with E-state index in [2.05, 4.69) is 10.3 Å². The summed E-state index contributed by atoms with van der Waals surface area (Å²) in [6.07, 6.45) is 1.02. The van der Waals surface area contributed by atoms with E-state index < -0.39 is 0 Å². The van der Waals surface area contributed by atoms with Crippen molar-refractivity contribution in [3.63, 3.8) is 0 Å². The van der Waals surface area contributed by atoms with Crippen LogP contribution in [-0.2, 0) is 4.74 Å². The summed E-state index contributed by atoms with van der Waals surface area (Å²) in [4.78, 5) is 4.09. The molecule has 1 rings (SSSR count). The molecule has 0 fully saturated rings. The highest BCUT2D eigenvalue weighted by Gasteiger charge is 2.02. The van der Waals surface area contributed by atoms with Crippen LogP contribution in [0.1, 0.15) is 6.42 Å². The Hall–Kier alpha value is -0.770. The molecule has 1 aliphatic rings. The number of nitrogens with one attached hydrogen (secondary N) is 1. The Bertz CT molecular complexity index is 124. The lowest BCUT2D eigenvalue weighted by molar-refractivity contribution is 0.268. The van der Waals surface area contributed by atoms with Gasteiger partial charge in [-0.05, 0) is 0 Å². The van der Waals surface area contributed by atoms with Crippen LogP contribution in [0.3, 0.4) is 0 Å². The van der Waals surface area contributed by atoms with E-state index in [0.29, 0.717) is 12.6 Å². The van der Waals surface area contributed by atoms with E-state index in [1.54, 1.807) is 0 Å². The average molecular weight is 143 g/mol. The summed E-state index contributed by atoms with van der Waals surface area (Å²) in [5, 5.41) is 2.97. The van der Waals surface area contributed by atoms with Crippen molar-refractivity contribution in [2.45, 2.75) is 6.42 Å². The van der Waals surface area contributed by atoms with E-state index in [1.807, 2.05) is 0 Å². The van der Waals surface area contributed by atoms with Crippen LogP contribution in [0.25, 0.3) is 0 Å². The SMILES string of the molecule is NCCNC1=NCCCO1. The van der Waals surface area contributed by atoms with Gasteiger partial charge in [-0.2, -0.15) is 0 Å². The molecule has 0 saturated carbocycles. The van der Waals surface area contributed by atoms with Gasteiger partial charge in [0.05, 0.1) is 6.61 Å². The number of aliphatic imine (C=N–C) groups is 1. The van der Waals surface area contributed by atoms with Gasteiger partial charge in [0.1, 0.15) is 0 Å². The molecular weight excluding hydrogens is 130 g/mol. The zero-order valence-corrected chi connectivity index (χ0v) is 5.97. The minimum absolute atomic E-state index is 0.613. The Labute approximate surface area is 60.5 Å². The highest BCUT2D eigenvalue weighted by molar-refractivity contribution is 5.73. The lowest BCUT2D eigenvalue weighted by Gasteiger charge is -2.13. The number of nitrogens with two attached hydrogens (primary N) is 1. The molecule has 0 radical (unpaired) electrons. The molecule has 0 unspecified atom stereocenters. The first kappa shape index (κ1) is 7.34. The van der Waals surface area contributed by atoms with E-state index >= 15 is 0 Å². The van der Waals surface area contributed by atoms with E-state index in [0.717, 1.165) is 26.1 Å². The second-order valence-electron chi connectivity index (χ2n) is 2.10. The Morgan fingerprint density at radius 1 is 1.70 bits per heavy atom. The van der Waals surface area contributed by atoms with Crippen molar-refractivity contribution >= 4 is 6.02 Å². The monoisotopic (exact) mass is 143 g/mol. The van der Waals surface area contributed by atoms with Gasteiger partial charge in [0.2, 0.25) is 0 Å². The molecule has 1 aliphatic heterocycles. The van der Waals surface area contributed by atoms with Gasteiger partial charge >= 0.3 is 0 Å². The molecule has 58 valence electrons. The Morgan fingerprint density at radius 2 is 2.60 bits per heavy atom. The Kier molecular flexibility index (Phi) is 3.02. The predicted molar refractivity (Wildman–Crippen MR) is 39.9 cm³/mol. The number of amidine groups is 1. The van der Waals surface area contributed by atoms with Crippen molar-refractivity contribution in [3.8, 4) is 0 Å². The normalized spacial score (nSPS) is 17.5. The topological polar surface area (TPSA) is 59.6 Å². The Morgan fingerprint density at radius 3 is 3.20 bits per heavy atom. The van der Waals surface area contributed by atoms with Crippen LogP contribution < -0.4 is 11.1 Å². The third kappa shape index (κ3) is 2.23. The fraction of sp³-hybridized carbons (Fsp3) is 0.833. The number of hydrogen-bond acceptors (Lipinski definition) is 4. The van der Waals surface area contributed by atoms with Gasteiger partial charge in [-0.1, -0.05) is 0 Å². The van der Waals surface area contributed by atoms with Crippen molar-refractivity contribution in [1.82, 2.24) is 5.32 Å². The smallest absolute Gasteiger partial charge is 0.284 e. The van der Waals surface area contributed by atoms with E-state index in [4.69, 9.17) is 10.5 Å². The summed E-state index contributed by atoms with van der Waals surface area (Å²) in [7, 11) is 0. The lowest BCUT2D eigenvalue weighted by Crippen LogP contribution is -2.33. The molecule has 3 N–H and O–H groups in total. The molecule has 0 spiro atoms. The second-order valence-corrected chi connectivity index (χ2v) is 2.10. The van der Waals surface area contributed by atoms with Crippen LogP contribution in [0.4, 0.5) is 0 Å². The van der Waals surface area contributed by atoms with Crippen molar-refractivity contribution < 1.29 is 4.74 Å². The van der Waals surface area contributed by atoms with Crippen LogP contribution in [-0.4, -0.2) is 32.3 Å². The maximum atomic E-state index is 5.27. The van der Waals surface area contributed by atoms with Gasteiger partial charge in [-0.25, -0.2) is 4.99 Å². The molecule has 0 amide bonds. The first-order valence-corrected chi connectivity index (χ1v) is 3.54. The van der Waals surface area contributed by atoms with E-state index in [-0.39, 0.29) is 0 Å². The van der Waals surface area contributed by atoms with Crippen molar-refractivity contribution in [1.29, 1.82) is 0 Å². The maximum Gasteiger partial charge on any atom is 0.284 e. The van der Waals surface area contributed by atoms with Gasteiger partial charge in [-0.15, -0.1) is 0 Å². The van der Waals surface area contributed by atoms with Crippen molar-refractivity contribution in [2.75, 3.05) is 26.2 Å². The van der Waals surface area contributed by atoms with Crippen LogP contribution in [0.5, 0.6) is 0 Å². The Balaban J connectivity index is 2.18. The van der Waals surface area contributed by atoms with Crippen LogP contribution >= 0.6 is 0 Å². The average Bonchev–Trinajstić information content (AvgIpc) is 2.03. The zero-order valence-electron chi connectivity index (χ0n) is 5.97. The quantitative estimate of drug-likeness (QED) is 0.538. The molecule has 0 bridgehead atoms. The fourth-order valence-corrected chi connectivity index (χ4v) is 0.746. The molecule has 0 aliphatic carbocycles. The highest BCUT2D eigenvalue weighted by atomic mass is 16.5. The molecule has 0 atom stereocenters. The molecule has 0 aromatic rings. The standard InChI is InChI=1S/C6H13N3O/c7-2-4-9-6-8-3-1-5-10-6/h1-5,7H2,(H,8,9). The van der Waals surface area contributed by atoms with Crippen molar-refractivity contribution in [3.05, 3.63) is 0 Å². The molecule has 4 nitrogen and oxygen atoms in total. The molecule has 1 heterocycles. The van der Waals surface area contributed by atoms with Gasteiger partial charge in [0.25, 0.3) is 6.02 Å². The number of nitrogens with zero attached hydrogens (tertiary/aromatic N) is 1. The minimum Gasteiger partial charge on any atom is -0.465 e. The molecular formula is C6H13N3O. The summed E-state index contributed by atoms with van der Waals surface area (Å²) in [5.74, 6) is 0. The second kappa shape index (κ2) is 4.11. The molecule has 4 heteroatoms. The van der Waals surface area contributed by atoms with Crippen LogP contribution in [0.2, 0.25) is 0 Å². The van der Waals surface area contributed by atoms with Crippen LogP contribution in [0, 0.1) is 0 Å². The first-order valence-electron chi connectivity index (χ1n) is 3.54. The zero-order chi connectivity index (χ0) is 7.23. The minimum atomic E-state index is 0.613. The lowest BCUT2D eigenvalue weighted by atomic mass is 10.4. The summed E-state index contributed by atoms with van der Waals surface area (Å²) < 4.78 is 5.16. The number of hydrogen-bond donors (Lipinski definition) is 2. The largest absolute Gasteiger partial charge is 0.465 e. The van der Waals surface area contributed by atoms with E-state index in [1.165, 1.54) is 0 Å². The summed E-state index contributed by atoms with van der Waals surface area (Å²) >= 11 is 0. The summed E-state index contributed by atoms with van der Waals surface area (Å²) in [5.41, 5.74) is 5.27. The van der Waals surface area contributed by atoms with Gasteiger partial charge in [-0.3, -0.25) is 0 Å². The summed E-state index contributed by atoms with van der Waals surface area (Å²) in [6, 6.07) is 0.650. The molecule has 0 saturated heterocycles. The number of ether oxygens (including phenoxy) is 1. The predicted octanol–water partition coefficient (Wildman–Crippen LogP) is -0.689. The fourth-order valence-electron chi connectivity index (χ4n) is 0.746. The molecule has 10 heavy (non-hydrogen) atoms.